The van der Waals surface area contributed by atoms with Crippen molar-refractivity contribution in [2.75, 3.05) is 0 Å². The second-order valence-electron chi connectivity index (χ2n) is 5.04. The van der Waals surface area contributed by atoms with Gasteiger partial charge in [0.1, 0.15) is 11.5 Å². The molecule has 6 nitrogen and oxygen atoms in total. The molecule has 0 fully saturated rings. The van der Waals surface area contributed by atoms with Gasteiger partial charge >= 0.3 is 5.69 Å². The molecular weight excluding hydrogens is 268 g/mol. The molecule has 21 heavy (non-hydrogen) atoms. The van der Waals surface area contributed by atoms with Gasteiger partial charge in [-0.25, -0.2) is 9.78 Å². The summed E-state index contributed by atoms with van der Waals surface area (Å²) in [7, 11) is 1.44. The van der Waals surface area contributed by atoms with Gasteiger partial charge in [0, 0.05) is 13.6 Å². The van der Waals surface area contributed by atoms with E-state index in [1.165, 1.54) is 12.6 Å². The van der Waals surface area contributed by atoms with Crippen LogP contribution in [0.25, 0.3) is 11.2 Å². The molecule has 0 bridgehead atoms. The number of H-pyrrole nitrogens is 1. The van der Waals surface area contributed by atoms with Crippen molar-refractivity contribution in [1.82, 2.24) is 19.1 Å². The van der Waals surface area contributed by atoms with Crippen molar-refractivity contribution in [1.29, 1.82) is 0 Å². The van der Waals surface area contributed by atoms with Gasteiger partial charge < -0.3 is 4.57 Å². The van der Waals surface area contributed by atoms with Crippen LogP contribution >= 0.6 is 0 Å². The van der Waals surface area contributed by atoms with E-state index in [1.54, 1.807) is 0 Å². The normalized spacial score (nSPS) is 11.1. The van der Waals surface area contributed by atoms with Crippen LogP contribution in [0.4, 0.5) is 0 Å². The largest absolute Gasteiger partial charge is 0.329 e. The highest BCUT2D eigenvalue weighted by Crippen LogP contribution is 2.10. The Morgan fingerprint density at radius 3 is 2.62 bits per heavy atom. The molecule has 0 amide bonds. The maximum atomic E-state index is 12.1. The van der Waals surface area contributed by atoms with E-state index in [2.05, 4.69) is 22.1 Å². The van der Waals surface area contributed by atoms with E-state index in [0.717, 1.165) is 16.8 Å². The van der Waals surface area contributed by atoms with Crippen LogP contribution in [0.15, 0.2) is 39.9 Å². The highest BCUT2D eigenvalue weighted by molar-refractivity contribution is 5.69. The average Bonchev–Trinajstić information content (AvgIpc) is 2.80. The van der Waals surface area contributed by atoms with Crippen molar-refractivity contribution >= 4 is 11.2 Å². The number of aromatic amines is 1. The molecule has 108 valence electrons. The molecule has 3 aromatic rings. The number of aryl methyl sites for hydroxylation is 3. The van der Waals surface area contributed by atoms with E-state index >= 15 is 0 Å². The summed E-state index contributed by atoms with van der Waals surface area (Å²) >= 11 is 0. The number of hydrogen-bond donors (Lipinski definition) is 1. The van der Waals surface area contributed by atoms with Crippen molar-refractivity contribution in [3.63, 3.8) is 0 Å². The Bertz CT molecular complexity index is 903. The summed E-state index contributed by atoms with van der Waals surface area (Å²) < 4.78 is 2.92. The van der Waals surface area contributed by atoms with E-state index in [1.807, 2.05) is 29.7 Å². The zero-order chi connectivity index (χ0) is 15.0. The number of nitrogens with zero attached hydrogens (tertiary/aromatic N) is 3. The maximum absolute atomic E-state index is 12.1. The summed E-state index contributed by atoms with van der Waals surface area (Å²) in [4.78, 5) is 30.8. The van der Waals surface area contributed by atoms with E-state index in [9.17, 15) is 9.59 Å². The van der Waals surface area contributed by atoms with Crippen LogP contribution in [0, 0.1) is 6.92 Å². The summed E-state index contributed by atoms with van der Waals surface area (Å²) in [5, 5.41) is 0. The SMILES string of the molecule is Cc1nc2c(=O)n(C)c(=O)[nH]c2n1CCc1ccccc1. The zero-order valence-electron chi connectivity index (χ0n) is 12.0. The highest BCUT2D eigenvalue weighted by atomic mass is 16.2. The van der Waals surface area contributed by atoms with Gasteiger partial charge in [-0.3, -0.25) is 14.3 Å². The fourth-order valence-corrected chi connectivity index (χ4v) is 2.44. The summed E-state index contributed by atoms with van der Waals surface area (Å²) in [5.74, 6) is 0.722. The van der Waals surface area contributed by atoms with Gasteiger partial charge in [-0.05, 0) is 18.9 Å². The van der Waals surface area contributed by atoms with Crippen molar-refractivity contribution in [3.05, 3.63) is 62.6 Å². The first-order valence-corrected chi connectivity index (χ1v) is 6.78. The molecule has 0 saturated carbocycles. The van der Waals surface area contributed by atoms with Crippen LogP contribution in [-0.2, 0) is 20.0 Å². The van der Waals surface area contributed by atoms with Crippen LogP contribution < -0.4 is 11.2 Å². The van der Waals surface area contributed by atoms with Crippen LogP contribution in [0.1, 0.15) is 11.4 Å². The lowest BCUT2D eigenvalue weighted by atomic mass is 10.1. The molecule has 2 aromatic heterocycles. The fraction of sp³-hybridized carbons (Fsp3) is 0.267. The molecule has 0 aliphatic carbocycles. The number of rotatable bonds is 3. The number of benzene rings is 1. The number of aromatic nitrogens is 4. The Hall–Kier alpha value is -2.63. The van der Waals surface area contributed by atoms with E-state index in [0.29, 0.717) is 17.7 Å². The number of hydrogen-bond acceptors (Lipinski definition) is 3. The molecule has 1 aromatic carbocycles. The highest BCUT2D eigenvalue weighted by Gasteiger charge is 2.13. The Balaban J connectivity index is 2.05. The standard InChI is InChI=1S/C15H16N4O2/c1-10-16-12-13(17-15(21)18(2)14(12)20)19(10)9-8-11-6-4-3-5-7-11/h3-7H,8-9H2,1-2H3,(H,17,21). The van der Waals surface area contributed by atoms with Crippen molar-refractivity contribution < 1.29 is 0 Å². The Morgan fingerprint density at radius 1 is 1.19 bits per heavy atom. The third-order valence-electron chi connectivity index (χ3n) is 3.66. The summed E-state index contributed by atoms with van der Waals surface area (Å²) in [5.41, 5.74) is 1.22. The van der Waals surface area contributed by atoms with Crippen molar-refractivity contribution in [2.45, 2.75) is 19.9 Å². The van der Waals surface area contributed by atoms with Gasteiger partial charge in [-0.1, -0.05) is 30.3 Å². The predicted molar refractivity (Wildman–Crippen MR) is 80.5 cm³/mol. The van der Waals surface area contributed by atoms with E-state index in [4.69, 9.17) is 0 Å². The molecule has 0 saturated heterocycles. The average molecular weight is 284 g/mol. The lowest BCUT2D eigenvalue weighted by molar-refractivity contribution is 0.682. The fourth-order valence-electron chi connectivity index (χ4n) is 2.44. The second kappa shape index (κ2) is 5.05. The number of nitrogens with one attached hydrogen (secondary N) is 1. The molecule has 0 spiro atoms. The monoisotopic (exact) mass is 284 g/mol. The third kappa shape index (κ3) is 2.29. The molecule has 0 aliphatic heterocycles. The molecule has 1 N–H and O–H groups in total. The molecule has 0 radical (unpaired) electrons. The van der Waals surface area contributed by atoms with Crippen LogP contribution in [-0.4, -0.2) is 19.1 Å². The van der Waals surface area contributed by atoms with Crippen molar-refractivity contribution in [2.24, 2.45) is 7.05 Å². The van der Waals surface area contributed by atoms with Gasteiger partial charge in [0.25, 0.3) is 5.56 Å². The van der Waals surface area contributed by atoms with Gasteiger partial charge in [0.2, 0.25) is 0 Å². The van der Waals surface area contributed by atoms with Crippen LogP contribution in [0.3, 0.4) is 0 Å². The Labute approximate surface area is 120 Å². The van der Waals surface area contributed by atoms with Gasteiger partial charge in [0.05, 0.1) is 0 Å². The lowest BCUT2D eigenvalue weighted by Crippen LogP contribution is -2.32. The first-order valence-electron chi connectivity index (χ1n) is 6.78. The summed E-state index contributed by atoms with van der Waals surface area (Å²) in [6.45, 7) is 2.50. The topological polar surface area (TPSA) is 72.7 Å². The maximum Gasteiger partial charge on any atom is 0.329 e. The Kier molecular flexibility index (Phi) is 3.21. The van der Waals surface area contributed by atoms with Crippen molar-refractivity contribution in [3.8, 4) is 0 Å². The molecule has 2 heterocycles. The first-order chi connectivity index (χ1) is 10.1. The molecule has 0 atom stereocenters. The minimum Gasteiger partial charge on any atom is -0.314 e. The van der Waals surface area contributed by atoms with Crippen LogP contribution in [0.5, 0.6) is 0 Å². The summed E-state index contributed by atoms with van der Waals surface area (Å²) in [6, 6.07) is 10.1. The molecule has 6 heteroatoms. The molecular formula is C15H16N4O2. The molecule has 0 unspecified atom stereocenters. The predicted octanol–water partition coefficient (Wildman–Crippen LogP) is 0.974. The lowest BCUT2D eigenvalue weighted by Gasteiger charge is -2.06. The minimum absolute atomic E-state index is 0.308. The smallest absolute Gasteiger partial charge is 0.314 e. The summed E-state index contributed by atoms with van der Waals surface area (Å²) in [6.07, 6.45) is 0.810. The van der Waals surface area contributed by atoms with Gasteiger partial charge in [-0.15, -0.1) is 0 Å². The van der Waals surface area contributed by atoms with E-state index < -0.39 is 5.69 Å². The number of imidazole rings is 1. The Morgan fingerprint density at radius 2 is 1.90 bits per heavy atom. The second-order valence-corrected chi connectivity index (χ2v) is 5.04. The molecule has 0 aliphatic rings. The zero-order valence-corrected chi connectivity index (χ0v) is 12.0. The van der Waals surface area contributed by atoms with Gasteiger partial charge in [-0.2, -0.15) is 0 Å². The molecule has 3 rings (SSSR count). The first kappa shape index (κ1) is 13.4. The van der Waals surface area contributed by atoms with E-state index in [-0.39, 0.29) is 5.56 Å². The number of fused-ring (bicyclic) bond motifs is 1. The van der Waals surface area contributed by atoms with Gasteiger partial charge in [0.15, 0.2) is 5.52 Å². The quantitative estimate of drug-likeness (QED) is 0.779. The minimum atomic E-state index is -0.423. The third-order valence-corrected chi connectivity index (χ3v) is 3.66. The van der Waals surface area contributed by atoms with Crippen LogP contribution in [0.2, 0.25) is 0 Å².